The number of benzene rings is 1. The highest BCUT2D eigenvalue weighted by atomic mass is 16.5. The summed E-state index contributed by atoms with van der Waals surface area (Å²) in [5, 5.41) is 0. The van der Waals surface area contributed by atoms with Gasteiger partial charge in [0.2, 0.25) is 0 Å². The van der Waals surface area contributed by atoms with E-state index in [1.165, 1.54) is 44.5 Å². The zero-order chi connectivity index (χ0) is 14.8. The number of hydrogen-bond acceptors (Lipinski definition) is 4. The zero-order valence-corrected chi connectivity index (χ0v) is 13.2. The summed E-state index contributed by atoms with van der Waals surface area (Å²) in [6.45, 7) is 6.97. The molecular formula is C17H27N3O. The van der Waals surface area contributed by atoms with Crippen LogP contribution < -0.4 is 10.5 Å². The number of piperidine rings is 1. The van der Waals surface area contributed by atoms with Gasteiger partial charge < -0.3 is 10.5 Å². The van der Waals surface area contributed by atoms with E-state index < -0.39 is 0 Å². The van der Waals surface area contributed by atoms with Crippen LogP contribution in [0.1, 0.15) is 31.7 Å². The van der Waals surface area contributed by atoms with Gasteiger partial charge in [0.1, 0.15) is 5.75 Å². The number of rotatable bonds is 3. The van der Waals surface area contributed by atoms with Gasteiger partial charge in [0.25, 0.3) is 0 Å². The Morgan fingerprint density at radius 2 is 2.10 bits per heavy atom. The van der Waals surface area contributed by atoms with E-state index in [0.29, 0.717) is 6.04 Å². The van der Waals surface area contributed by atoms with E-state index in [2.05, 4.69) is 28.9 Å². The van der Waals surface area contributed by atoms with Crippen LogP contribution in [0.2, 0.25) is 0 Å². The second-order valence-corrected chi connectivity index (χ2v) is 6.54. The van der Waals surface area contributed by atoms with Crippen molar-refractivity contribution in [2.24, 2.45) is 0 Å². The van der Waals surface area contributed by atoms with E-state index in [1.807, 2.05) is 6.07 Å². The minimum absolute atomic E-state index is 0.603. The minimum Gasteiger partial charge on any atom is -0.497 e. The summed E-state index contributed by atoms with van der Waals surface area (Å²) in [5.41, 5.74) is 8.01. The number of methoxy groups -OCH3 is 1. The van der Waals surface area contributed by atoms with Crippen molar-refractivity contribution in [3.8, 4) is 5.75 Å². The van der Waals surface area contributed by atoms with Crippen molar-refractivity contribution in [1.29, 1.82) is 0 Å². The van der Waals surface area contributed by atoms with Crippen LogP contribution in [0, 0.1) is 0 Å². The highest BCUT2D eigenvalue weighted by molar-refractivity contribution is 5.47. The first-order chi connectivity index (χ1) is 10.2. The molecule has 3 rings (SSSR count). The molecule has 21 heavy (non-hydrogen) atoms. The van der Waals surface area contributed by atoms with Gasteiger partial charge in [0, 0.05) is 43.5 Å². The smallest absolute Gasteiger partial charge is 0.121 e. The molecule has 2 heterocycles. The molecule has 2 atom stereocenters. The Labute approximate surface area is 127 Å². The third-order valence-corrected chi connectivity index (χ3v) is 4.93. The van der Waals surface area contributed by atoms with Crippen LogP contribution in [0.5, 0.6) is 5.75 Å². The number of nitrogens with two attached hydrogens (primary N) is 1. The van der Waals surface area contributed by atoms with E-state index in [4.69, 9.17) is 10.5 Å². The number of piperazine rings is 1. The van der Waals surface area contributed by atoms with Crippen molar-refractivity contribution in [1.82, 2.24) is 9.80 Å². The average Bonchev–Trinajstić information content (AvgIpc) is 2.47. The summed E-state index contributed by atoms with van der Waals surface area (Å²) in [7, 11) is 1.70. The normalized spacial score (nSPS) is 27.3. The van der Waals surface area contributed by atoms with Gasteiger partial charge in [0.15, 0.2) is 0 Å². The first-order valence-electron chi connectivity index (χ1n) is 8.07. The van der Waals surface area contributed by atoms with Crippen LogP contribution in [0.4, 0.5) is 5.69 Å². The fraction of sp³-hybridized carbons (Fsp3) is 0.647. The SMILES string of the molecule is COc1cc(N)cc(CN2CC3CCCCN3CC2C)c1. The largest absolute Gasteiger partial charge is 0.497 e. The van der Waals surface area contributed by atoms with Crippen molar-refractivity contribution in [2.75, 3.05) is 32.5 Å². The van der Waals surface area contributed by atoms with E-state index in [0.717, 1.165) is 24.0 Å². The van der Waals surface area contributed by atoms with Crippen molar-refractivity contribution in [3.63, 3.8) is 0 Å². The van der Waals surface area contributed by atoms with Crippen molar-refractivity contribution >= 4 is 5.69 Å². The Morgan fingerprint density at radius 1 is 1.24 bits per heavy atom. The molecule has 1 aromatic carbocycles. The third kappa shape index (κ3) is 3.33. The lowest BCUT2D eigenvalue weighted by Crippen LogP contribution is -2.58. The molecule has 0 aliphatic carbocycles. The van der Waals surface area contributed by atoms with Crippen LogP contribution >= 0.6 is 0 Å². The van der Waals surface area contributed by atoms with Crippen LogP contribution in [-0.4, -0.2) is 48.6 Å². The Balaban J connectivity index is 1.70. The van der Waals surface area contributed by atoms with E-state index >= 15 is 0 Å². The molecule has 2 saturated heterocycles. The van der Waals surface area contributed by atoms with Crippen molar-refractivity contribution in [2.45, 2.75) is 44.8 Å². The molecule has 2 aliphatic heterocycles. The van der Waals surface area contributed by atoms with Gasteiger partial charge in [-0.05, 0) is 44.0 Å². The topological polar surface area (TPSA) is 41.7 Å². The van der Waals surface area contributed by atoms with E-state index in [-0.39, 0.29) is 0 Å². The van der Waals surface area contributed by atoms with Crippen LogP contribution in [0.15, 0.2) is 18.2 Å². The van der Waals surface area contributed by atoms with Gasteiger partial charge in [-0.15, -0.1) is 0 Å². The zero-order valence-electron chi connectivity index (χ0n) is 13.2. The molecule has 4 nitrogen and oxygen atoms in total. The molecule has 2 fully saturated rings. The summed E-state index contributed by atoms with van der Waals surface area (Å²) in [5.74, 6) is 0.856. The monoisotopic (exact) mass is 289 g/mol. The van der Waals surface area contributed by atoms with Crippen LogP contribution in [0.25, 0.3) is 0 Å². The Hall–Kier alpha value is -1.26. The van der Waals surface area contributed by atoms with Crippen molar-refractivity contribution in [3.05, 3.63) is 23.8 Å². The quantitative estimate of drug-likeness (QED) is 0.867. The second kappa shape index (κ2) is 6.24. The molecule has 2 aliphatic rings. The fourth-order valence-electron chi connectivity index (χ4n) is 3.76. The number of ether oxygens (including phenoxy) is 1. The van der Waals surface area contributed by atoms with Gasteiger partial charge in [-0.2, -0.15) is 0 Å². The van der Waals surface area contributed by atoms with Gasteiger partial charge >= 0.3 is 0 Å². The van der Waals surface area contributed by atoms with Gasteiger partial charge in [-0.3, -0.25) is 9.80 Å². The van der Waals surface area contributed by atoms with Gasteiger partial charge in [-0.1, -0.05) is 6.42 Å². The maximum Gasteiger partial charge on any atom is 0.121 e. The first-order valence-corrected chi connectivity index (χ1v) is 8.07. The first kappa shape index (κ1) is 14.7. The number of anilines is 1. The fourth-order valence-corrected chi connectivity index (χ4v) is 3.76. The van der Waals surface area contributed by atoms with Crippen LogP contribution in [0.3, 0.4) is 0 Å². The molecule has 0 bridgehead atoms. The lowest BCUT2D eigenvalue weighted by atomic mass is 9.96. The molecule has 116 valence electrons. The molecule has 1 aromatic rings. The summed E-state index contributed by atoms with van der Waals surface area (Å²) in [6, 6.07) is 7.41. The highest BCUT2D eigenvalue weighted by Gasteiger charge is 2.32. The number of hydrogen-bond donors (Lipinski definition) is 1. The number of nitrogens with zero attached hydrogens (tertiary/aromatic N) is 2. The minimum atomic E-state index is 0.603. The predicted molar refractivity (Wildman–Crippen MR) is 86.5 cm³/mol. The Morgan fingerprint density at radius 3 is 2.90 bits per heavy atom. The average molecular weight is 289 g/mol. The molecule has 2 N–H and O–H groups in total. The van der Waals surface area contributed by atoms with Crippen molar-refractivity contribution < 1.29 is 4.74 Å². The molecule has 0 saturated carbocycles. The predicted octanol–water partition coefficient (Wildman–Crippen LogP) is 2.34. The number of fused-ring (bicyclic) bond motifs is 1. The lowest BCUT2D eigenvalue weighted by molar-refractivity contribution is 0.0111. The standard InChI is InChI=1S/C17H27N3O/c1-13-10-19-6-4-3-5-16(19)12-20(13)11-14-7-15(18)9-17(8-14)21-2/h7-9,13,16H,3-6,10-12,18H2,1-2H3. The highest BCUT2D eigenvalue weighted by Crippen LogP contribution is 2.26. The lowest BCUT2D eigenvalue weighted by Gasteiger charge is -2.47. The molecular weight excluding hydrogens is 262 g/mol. The number of nitrogen functional groups attached to an aromatic ring is 1. The maximum atomic E-state index is 5.97. The molecule has 2 unspecified atom stereocenters. The Kier molecular flexibility index (Phi) is 4.36. The maximum absolute atomic E-state index is 5.97. The van der Waals surface area contributed by atoms with Gasteiger partial charge in [-0.25, -0.2) is 0 Å². The molecule has 4 heteroatoms. The van der Waals surface area contributed by atoms with Crippen LogP contribution in [-0.2, 0) is 6.54 Å². The van der Waals surface area contributed by atoms with E-state index in [1.54, 1.807) is 7.11 Å². The molecule has 0 aromatic heterocycles. The summed E-state index contributed by atoms with van der Waals surface area (Å²) in [6.07, 6.45) is 4.11. The summed E-state index contributed by atoms with van der Waals surface area (Å²) >= 11 is 0. The Bertz CT molecular complexity index is 491. The molecule has 0 spiro atoms. The second-order valence-electron chi connectivity index (χ2n) is 6.54. The summed E-state index contributed by atoms with van der Waals surface area (Å²) in [4.78, 5) is 5.28. The van der Waals surface area contributed by atoms with Gasteiger partial charge in [0.05, 0.1) is 7.11 Å². The summed E-state index contributed by atoms with van der Waals surface area (Å²) < 4.78 is 5.33. The third-order valence-electron chi connectivity index (χ3n) is 4.93. The molecule has 0 radical (unpaired) electrons. The van der Waals surface area contributed by atoms with E-state index in [9.17, 15) is 0 Å². The molecule has 0 amide bonds.